The standard InChI is InChI=1S/C15H27N3/c1-2-12-18-15(9-11-17-18)13-16-10-8-14-6-4-3-5-7-14/h9,11,14,16H,2-8,10,12-13H2,1H3. The maximum absolute atomic E-state index is 4.35. The van der Waals surface area contributed by atoms with Crippen molar-refractivity contribution >= 4 is 0 Å². The third kappa shape index (κ3) is 4.13. The van der Waals surface area contributed by atoms with E-state index in [0.717, 1.165) is 32.0 Å². The lowest BCUT2D eigenvalue weighted by molar-refractivity contribution is 0.333. The van der Waals surface area contributed by atoms with Gasteiger partial charge in [0.15, 0.2) is 0 Å². The predicted molar refractivity (Wildman–Crippen MR) is 75.4 cm³/mol. The fourth-order valence-corrected chi connectivity index (χ4v) is 2.92. The lowest BCUT2D eigenvalue weighted by Crippen LogP contribution is -2.21. The molecule has 3 nitrogen and oxygen atoms in total. The molecule has 0 aromatic carbocycles. The molecule has 102 valence electrons. The van der Waals surface area contributed by atoms with Crippen LogP contribution < -0.4 is 5.32 Å². The molecule has 0 aliphatic heterocycles. The Labute approximate surface area is 111 Å². The van der Waals surface area contributed by atoms with E-state index in [9.17, 15) is 0 Å². The van der Waals surface area contributed by atoms with Crippen LogP contribution in [0.3, 0.4) is 0 Å². The van der Waals surface area contributed by atoms with Crippen molar-refractivity contribution in [2.24, 2.45) is 5.92 Å². The van der Waals surface area contributed by atoms with E-state index >= 15 is 0 Å². The van der Waals surface area contributed by atoms with E-state index in [1.54, 1.807) is 0 Å². The first-order chi connectivity index (χ1) is 8.90. The van der Waals surface area contributed by atoms with Crippen molar-refractivity contribution in [2.75, 3.05) is 6.54 Å². The van der Waals surface area contributed by atoms with Crippen LogP contribution in [0.15, 0.2) is 12.3 Å². The first-order valence-corrected chi connectivity index (χ1v) is 7.61. The zero-order valence-electron chi connectivity index (χ0n) is 11.7. The van der Waals surface area contributed by atoms with Gasteiger partial charge in [0.2, 0.25) is 0 Å². The van der Waals surface area contributed by atoms with Crippen molar-refractivity contribution in [1.29, 1.82) is 0 Å². The summed E-state index contributed by atoms with van der Waals surface area (Å²) in [6.45, 7) is 5.35. The van der Waals surface area contributed by atoms with Gasteiger partial charge in [-0.3, -0.25) is 4.68 Å². The maximum atomic E-state index is 4.35. The fourth-order valence-electron chi connectivity index (χ4n) is 2.92. The Morgan fingerprint density at radius 2 is 2.17 bits per heavy atom. The summed E-state index contributed by atoms with van der Waals surface area (Å²) in [5, 5.41) is 7.92. The normalized spacial score (nSPS) is 17.2. The number of nitrogens with one attached hydrogen (secondary N) is 1. The molecule has 0 unspecified atom stereocenters. The second-order valence-electron chi connectivity index (χ2n) is 5.52. The van der Waals surface area contributed by atoms with Gasteiger partial charge in [-0.1, -0.05) is 39.0 Å². The molecule has 2 rings (SSSR count). The van der Waals surface area contributed by atoms with Crippen molar-refractivity contribution in [2.45, 2.75) is 65.0 Å². The van der Waals surface area contributed by atoms with E-state index in [1.165, 1.54) is 44.2 Å². The van der Waals surface area contributed by atoms with Gasteiger partial charge in [-0.15, -0.1) is 0 Å². The van der Waals surface area contributed by atoms with Crippen LogP contribution in [0.2, 0.25) is 0 Å². The number of nitrogens with zero attached hydrogens (tertiary/aromatic N) is 2. The number of aromatic nitrogens is 2. The molecule has 18 heavy (non-hydrogen) atoms. The molecule has 1 saturated carbocycles. The summed E-state index contributed by atoms with van der Waals surface area (Å²) in [5.74, 6) is 0.979. The van der Waals surface area contributed by atoms with Crippen LogP contribution in [0.4, 0.5) is 0 Å². The molecule has 0 saturated heterocycles. The zero-order chi connectivity index (χ0) is 12.6. The van der Waals surface area contributed by atoms with Crippen LogP contribution in [-0.4, -0.2) is 16.3 Å². The lowest BCUT2D eigenvalue weighted by atomic mass is 9.87. The average molecular weight is 249 g/mol. The molecule has 0 amide bonds. The molecule has 0 radical (unpaired) electrons. The summed E-state index contributed by atoms with van der Waals surface area (Å²) >= 11 is 0. The van der Waals surface area contributed by atoms with Crippen molar-refractivity contribution in [1.82, 2.24) is 15.1 Å². The van der Waals surface area contributed by atoms with Crippen LogP contribution in [0.1, 0.15) is 57.6 Å². The smallest absolute Gasteiger partial charge is 0.0522 e. The lowest BCUT2D eigenvalue weighted by Gasteiger charge is -2.21. The van der Waals surface area contributed by atoms with Gasteiger partial charge in [-0.2, -0.15) is 5.10 Å². The fraction of sp³-hybridized carbons (Fsp3) is 0.800. The van der Waals surface area contributed by atoms with Gasteiger partial charge in [0.25, 0.3) is 0 Å². The third-order valence-electron chi connectivity index (χ3n) is 4.00. The first kappa shape index (κ1) is 13.6. The largest absolute Gasteiger partial charge is 0.311 e. The highest BCUT2D eigenvalue weighted by atomic mass is 15.3. The topological polar surface area (TPSA) is 29.9 Å². The van der Waals surface area contributed by atoms with Crippen molar-refractivity contribution in [3.8, 4) is 0 Å². The molecule has 3 heteroatoms. The molecule has 1 heterocycles. The SMILES string of the molecule is CCCn1nccc1CNCCC1CCCCC1. The van der Waals surface area contributed by atoms with Crippen LogP contribution in [0.5, 0.6) is 0 Å². The molecule has 0 atom stereocenters. The van der Waals surface area contributed by atoms with E-state index in [4.69, 9.17) is 0 Å². The highest BCUT2D eigenvalue weighted by molar-refractivity contribution is 4.99. The molecule has 1 aliphatic rings. The number of hydrogen-bond acceptors (Lipinski definition) is 2. The summed E-state index contributed by atoms with van der Waals surface area (Å²) in [6.07, 6.45) is 11.7. The van der Waals surface area contributed by atoms with Crippen molar-refractivity contribution in [3.63, 3.8) is 0 Å². The highest BCUT2D eigenvalue weighted by Gasteiger charge is 2.12. The van der Waals surface area contributed by atoms with E-state index < -0.39 is 0 Å². The summed E-state index contributed by atoms with van der Waals surface area (Å²) in [7, 11) is 0. The Kier molecular flexibility index (Phi) is 5.72. The van der Waals surface area contributed by atoms with E-state index in [0.29, 0.717) is 0 Å². The Balaban J connectivity index is 1.63. The summed E-state index contributed by atoms with van der Waals surface area (Å²) < 4.78 is 2.12. The molecule has 1 aromatic rings. The Hall–Kier alpha value is -0.830. The molecule has 1 N–H and O–H groups in total. The van der Waals surface area contributed by atoms with Crippen LogP contribution >= 0.6 is 0 Å². The first-order valence-electron chi connectivity index (χ1n) is 7.61. The van der Waals surface area contributed by atoms with Gasteiger partial charge >= 0.3 is 0 Å². The molecule has 1 aliphatic carbocycles. The minimum absolute atomic E-state index is 0.965. The Bertz CT molecular complexity index is 326. The van der Waals surface area contributed by atoms with Gasteiger partial charge in [-0.05, 0) is 31.4 Å². The zero-order valence-corrected chi connectivity index (χ0v) is 11.7. The summed E-state index contributed by atoms with van der Waals surface area (Å²) in [6, 6.07) is 2.13. The summed E-state index contributed by atoms with van der Waals surface area (Å²) in [5.41, 5.74) is 1.32. The second kappa shape index (κ2) is 7.57. The maximum Gasteiger partial charge on any atom is 0.0522 e. The average Bonchev–Trinajstić information content (AvgIpc) is 2.84. The predicted octanol–water partition coefficient (Wildman–Crippen LogP) is 3.35. The van der Waals surface area contributed by atoms with Crippen LogP contribution in [0.25, 0.3) is 0 Å². The van der Waals surface area contributed by atoms with Gasteiger partial charge in [0, 0.05) is 19.3 Å². The molecule has 1 aromatic heterocycles. The van der Waals surface area contributed by atoms with E-state index in [1.807, 2.05) is 6.20 Å². The van der Waals surface area contributed by atoms with E-state index in [2.05, 4.69) is 28.1 Å². The van der Waals surface area contributed by atoms with Crippen molar-refractivity contribution in [3.05, 3.63) is 18.0 Å². The minimum atomic E-state index is 0.965. The quantitative estimate of drug-likeness (QED) is 0.751. The monoisotopic (exact) mass is 249 g/mol. The van der Waals surface area contributed by atoms with E-state index in [-0.39, 0.29) is 0 Å². The Morgan fingerprint density at radius 1 is 1.33 bits per heavy atom. The molecule has 0 spiro atoms. The van der Waals surface area contributed by atoms with Crippen LogP contribution in [0, 0.1) is 5.92 Å². The summed E-state index contributed by atoms with van der Waals surface area (Å²) in [4.78, 5) is 0. The Morgan fingerprint density at radius 3 is 2.94 bits per heavy atom. The van der Waals surface area contributed by atoms with Crippen LogP contribution in [-0.2, 0) is 13.1 Å². The minimum Gasteiger partial charge on any atom is -0.311 e. The van der Waals surface area contributed by atoms with Crippen molar-refractivity contribution < 1.29 is 0 Å². The third-order valence-corrected chi connectivity index (χ3v) is 4.00. The molecular weight excluding hydrogens is 222 g/mol. The molecule has 0 bridgehead atoms. The number of aryl methyl sites for hydroxylation is 1. The van der Waals surface area contributed by atoms with Gasteiger partial charge in [0.05, 0.1) is 5.69 Å². The molecular formula is C15H27N3. The molecule has 1 fully saturated rings. The van der Waals surface area contributed by atoms with Gasteiger partial charge < -0.3 is 5.32 Å². The number of rotatable bonds is 7. The number of hydrogen-bond donors (Lipinski definition) is 1. The second-order valence-corrected chi connectivity index (χ2v) is 5.52. The van der Waals surface area contributed by atoms with Gasteiger partial charge in [-0.25, -0.2) is 0 Å². The van der Waals surface area contributed by atoms with Gasteiger partial charge in [0.1, 0.15) is 0 Å². The highest BCUT2D eigenvalue weighted by Crippen LogP contribution is 2.25.